The van der Waals surface area contributed by atoms with Gasteiger partial charge in [-0.3, -0.25) is 4.98 Å². The van der Waals surface area contributed by atoms with Crippen LogP contribution in [0.4, 0.5) is 0 Å². The van der Waals surface area contributed by atoms with Gasteiger partial charge in [0.15, 0.2) is 0 Å². The van der Waals surface area contributed by atoms with Gasteiger partial charge in [-0.1, -0.05) is 6.07 Å². The highest BCUT2D eigenvalue weighted by atomic mass is 32.1. The quantitative estimate of drug-likeness (QED) is 0.793. The van der Waals surface area contributed by atoms with Crippen LogP contribution in [0.25, 0.3) is 11.3 Å². The molecule has 0 unspecified atom stereocenters. The molecule has 1 aromatic heterocycles. The van der Waals surface area contributed by atoms with Crippen molar-refractivity contribution in [3.63, 3.8) is 0 Å². The van der Waals surface area contributed by atoms with Crippen LogP contribution in [-0.4, -0.2) is 29.2 Å². The summed E-state index contributed by atoms with van der Waals surface area (Å²) in [5, 5.41) is 9.38. The molecule has 0 bridgehead atoms. The van der Waals surface area contributed by atoms with Crippen molar-refractivity contribution in [3.05, 3.63) is 48.2 Å². The van der Waals surface area contributed by atoms with E-state index in [0.29, 0.717) is 16.5 Å². The summed E-state index contributed by atoms with van der Waals surface area (Å²) in [6, 6.07) is 12.9. The van der Waals surface area contributed by atoms with Crippen molar-refractivity contribution in [2.75, 3.05) is 14.1 Å². The molecular formula is C15H13N3OS. The van der Waals surface area contributed by atoms with Crippen molar-refractivity contribution < 1.29 is 4.74 Å². The highest BCUT2D eigenvalue weighted by Crippen LogP contribution is 2.29. The van der Waals surface area contributed by atoms with Gasteiger partial charge < -0.3 is 9.64 Å². The average Bonchev–Trinajstić information content (AvgIpc) is 2.48. The van der Waals surface area contributed by atoms with Gasteiger partial charge in [0.2, 0.25) is 0 Å². The van der Waals surface area contributed by atoms with Crippen molar-refractivity contribution in [1.82, 2.24) is 9.88 Å². The van der Waals surface area contributed by atoms with E-state index in [-0.39, 0.29) is 0 Å². The zero-order valence-corrected chi connectivity index (χ0v) is 12.0. The Kier molecular flexibility index (Phi) is 4.28. The van der Waals surface area contributed by atoms with E-state index >= 15 is 0 Å². The zero-order chi connectivity index (χ0) is 14.5. The van der Waals surface area contributed by atoms with Crippen LogP contribution in [0.3, 0.4) is 0 Å². The number of nitrogens with zero attached hydrogens (tertiary/aromatic N) is 3. The average molecular weight is 283 g/mol. The van der Waals surface area contributed by atoms with Crippen molar-refractivity contribution in [2.24, 2.45) is 0 Å². The van der Waals surface area contributed by atoms with E-state index in [9.17, 15) is 0 Å². The SMILES string of the molecule is CN(C)C(=S)Oc1ccc(C#N)cc1-c1ccccn1. The van der Waals surface area contributed by atoms with Crippen LogP contribution in [0.2, 0.25) is 0 Å². The van der Waals surface area contributed by atoms with Crippen LogP contribution < -0.4 is 4.74 Å². The van der Waals surface area contributed by atoms with E-state index in [1.165, 1.54) is 0 Å². The highest BCUT2D eigenvalue weighted by molar-refractivity contribution is 7.80. The molecule has 2 aromatic rings. The maximum Gasteiger partial charge on any atom is 0.264 e. The summed E-state index contributed by atoms with van der Waals surface area (Å²) in [6.07, 6.45) is 1.70. The predicted molar refractivity (Wildman–Crippen MR) is 81.3 cm³/mol. The normalized spacial score (nSPS) is 9.65. The maximum atomic E-state index is 9.02. The van der Waals surface area contributed by atoms with E-state index in [4.69, 9.17) is 22.2 Å². The fourth-order valence-corrected chi connectivity index (χ4v) is 1.69. The number of hydrogen-bond donors (Lipinski definition) is 0. The van der Waals surface area contributed by atoms with E-state index in [1.807, 2.05) is 32.3 Å². The van der Waals surface area contributed by atoms with Crippen LogP contribution >= 0.6 is 12.2 Å². The minimum Gasteiger partial charge on any atom is -0.431 e. The molecule has 1 aromatic carbocycles. The number of rotatable bonds is 2. The third-order valence-electron chi connectivity index (χ3n) is 2.61. The van der Waals surface area contributed by atoms with Gasteiger partial charge in [0, 0.05) is 25.9 Å². The van der Waals surface area contributed by atoms with Gasteiger partial charge >= 0.3 is 0 Å². The van der Waals surface area contributed by atoms with Gasteiger partial charge in [-0.25, -0.2) is 0 Å². The molecule has 1 heterocycles. The summed E-state index contributed by atoms with van der Waals surface area (Å²) in [5.74, 6) is 0.585. The molecule has 2 rings (SSSR count). The van der Waals surface area contributed by atoms with E-state index < -0.39 is 0 Å². The summed E-state index contributed by atoms with van der Waals surface area (Å²) < 4.78 is 5.67. The first-order valence-electron chi connectivity index (χ1n) is 5.96. The van der Waals surface area contributed by atoms with Gasteiger partial charge in [-0.15, -0.1) is 0 Å². The summed E-state index contributed by atoms with van der Waals surface area (Å²) in [7, 11) is 3.62. The summed E-state index contributed by atoms with van der Waals surface area (Å²) in [4.78, 5) is 6.00. The Morgan fingerprint density at radius 2 is 2.10 bits per heavy atom. The van der Waals surface area contributed by atoms with Crippen LogP contribution in [0.1, 0.15) is 5.56 Å². The van der Waals surface area contributed by atoms with Crippen LogP contribution in [0, 0.1) is 11.3 Å². The van der Waals surface area contributed by atoms with Crippen molar-refractivity contribution in [2.45, 2.75) is 0 Å². The Morgan fingerprint density at radius 1 is 1.30 bits per heavy atom. The monoisotopic (exact) mass is 283 g/mol. The highest BCUT2D eigenvalue weighted by Gasteiger charge is 2.11. The molecule has 0 fully saturated rings. The first-order valence-corrected chi connectivity index (χ1v) is 6.37. The van der Waals surface area contributed by atoms with E-state index in [2.05, 4.69) is 11.1 Å². The molecule has 0 aliphatic carbocycles. The fraction of sp³-hybridized carbons (Fsp3) is 0.133. The Balaban J connectivity index is 2.47. The second-order valence-corrected chi connectivity index (χ2v) is 4.65. The number of pyridine rings is 1. The molecule has 0 N–H and O–H groups in total. The molecule has 0 atom stereocenters. The minimum absolute atomic E-state index is 0.354. The minimum atomic E-state index is 0.354. The summed E-state index contributed by atoms with van der Waals surface area (Å²) in [5.41, 5.74) is 2.03. The number of hydrogen-bond acceptors (Lipinski definition) is 4. The maximum absolute atomic E-state index is 9.02. The lowest BCUT2D eigenvalue weighted by Gasteiger charge is -2.16. The summed E-state index contributed by atoms with van der Waals surface area (Å²) in [6.45, 7) is 0. The smallest absolute Gasteiger partial charge is 0.264 e. The standard InChI is InChI=1S/C15H13N3OS/c1-18(2)15(20)19-14-7-6-11(10-16)9-12(14)13-5-3-4-8-17-13/h3-9H,1-2H3. The first-order chi connectivity index (χ1) is 9.61. The van der Waals surface area contributed by atoms with Gasteiger partial charge in [-0.2, -0.15) is 5.26 Å². The Morgan fingerprint density at radius 3 is 2.70 bits per heavy atom. The van der Waals surface area contributed by atoms with Gasteiger partial charge in [-0.05, 0) is 42.5 Å². The number of aromatic nitrogens is 1. The molecule has 4 nitrogen and oxygen atoms in total. The van der Waals surface area contributed by atoms with Gasteiger partial charge in [0.05, 0.1) is 17.3 Å². The lowest BCUT2D eigenvalue weighted by Crippen LogP contribution is -2.25. The van der Waals surface area contributed by atoms with Crippen LogP contribution in [0.5, 0.6) is 5.75 Å². The Labute approximate surface area is 123 Å². The molecule has 5 heteroatoms. The molecule has 0 saturated carbocycles. The summed E-state index contributed by atoms with van der Waals surface area (Å²) >= 11 is 5.15. The number of ether oxygens (including phenoxy) is 1. The zero-order valence-electron chi connectivity index (χ0n) is 11.2. The van der Waals surface area contributed by atoms with Gasteiger partial charge in [0.25, 0.3) is 5.17 Å². The van der Waals surface area contributed by atoms with Gasteiger partial charge in [0.1, 0.15) is 5.75 Å². The first kappa shape index (κ1) is 14.0. The molecule has 100 valence electrons. The fourth-order valence-electron chi connectivity index (χ4n) is 1.60. The van der Waals surface area contributed by atoms with Crippen LogP contribution in [-0.2, 0) is 0 Å². The predicted octanol–water partition coefficient (Wildman–Crippen LogP) is 2.85. The van der Waals surface area contributed by atoms with E-state index in [0.717, 1.165) is 11.3 Å². The van der Waals surface area contributed by atoms with Crippen molar-refractivity contribution in [3.8, 4) is 23.1 Å². The second kappa shape index (κ2) is 6.13. The topological polar surface area (TPSA) is 49.1 Å². The third kappa shape index (κ3) is 3.11. The Hall–Kier alpha value is -2.45. The van der Waals surface area contributed by atoms with E-state index in [1.54, 1.807) is 29.3 Å². The number of benzene rings is 1. The molecule has 0 amide bonds. The molecule has 0 spiro atoms. The van der Waals surface area contributed by atoms with Crippen molar-refractivity contribution >= 4 is 17.4 Å². The van der Waals surface area contributed by atoms with Crippen molar-refractivity contribution in [1.29, 1.82) is 5.26 Å². The van der Waals surface area contributed by atoms with Crippen LogP contribution in [0.15, 0.2) is 42.6 Å². The lowest BCUT2D eigenvalue weighted by molar-refractivity contribution is 0.450. The molecular weight excluding hydrogens is 270 g/mol. The number of nitriles is 1. The number of thiocarbonyl (C=S) groups is 1. The largest absolute Gasteiger partial charge is 0.431 e. The molecule has 0 radical (unpaired) electrons. The lowest BCUT2D eigenvalue weighted by atomic mass is 10.1. The third-order valence-corrected chi connectivity index (χ3v) is 3.06. The second-order valence-electron chi connectivity index (χ2n) is 4.30. The molecule has 0 saturated heterocycles. The molecule has 0 aliphatic rings. The Bertz CT molecular complexity index is 663. The molecule has 20 heavy (non-hydrogen) atoms. The molecule has 0 aliphatic heterocycles.